The lowest BCUT2D eigenvalue weighted by atomic mass is 9.98. The summed E-state index contributed by atoms with van der Waals surface area (Å²) in [4.78, 5) is 33.5. The first kappa shape index (κ1) is 25.0. The third-order valence-electron chi connectivity index (χ3n) is 7.07. The molecule has 188 valence electrons. The van der Waals surface area contributed by atoms with Crippen molar-refractivity contribution in [3.05, 3.63) is 53.1 Å². The zero-order chi connectivity index (χ0) is 24.9. The highest BCUT2D eigenvalue weighted by Crippen LogP contribution is 2.40. The van der Waals surface area contributed by atoms with Gasteiger partial charge < -0.3 is 24.4 Å². The fourth-order valence-electron chi connectivity index (χ4n) is 5.09. The van der Waals surface area contributed by atoms with E-state index in [1.807, 2.05) is 24.3 Å². The van der Waals surface area contributed by atoms with E-state index in [4.69, 9.17) is 9.47 Å². The van der Waals surface area contributed by atoms with E-state index in [9.17, 15) is 14.7 Å². The molecule has 8 heteroatoms. The van der Waals surface area contributed by atoms with Crippen LogP contribution in [0.1, 0.15) is 58.5 Å². The van der Waals surface area contributed by atoms with Crippen molar-refractivity contribution in [3.63, 3.8) is 0 Å². The molecule has 2 aromatic carbocycles. The van der Waals surface area contributed by atoms with Crippen molar-refractivity contribution in [1.82, 2.24) is 9.80 Å². The van der Waals surface area contributed by atoms with Gasteiger partial charge in [-0.1, -0.05) is 19.1 Å². The fraction of sp³-hybridized carbons (Fsp3) is 0.481. The second-order valence-corrected chi connectivity index (χ2v) is 8.95. The van der Waals surface area contributed by atoms with E-state index in [1.165, 1.54) is 4.90 Å². The maximum atomic E-state index is 13.9. The number of anilines is 1. The minimum absolute atomic E-state index is 0.0641. The first-order chi connectivity index (χ1) is 17.0. The summed E-state index contributed by atoms with van der Waals surface area (Å²) < 4.78 is 10.9. The molecule has 2 aliphatic heterocycles. The van der Waals surface area contributed by atoms with Crippen molar-refractivity contribution in [2.24, 2.45) is 0 Å². The first-order valence-electron chi connectivity index (χ1n) is 12.3. The lowest BCUT2D eigenvalue weighted by molar-refractivity contribution is 0.0570. The molecule has 0 radical (unpaired) electrons. The molecule has 1 fully saturated rings. The monoisotopic (exact) mass is 481 g/mol. The van der Waals surface area contributed by atoms with Crippen LogP contribution in [-0.2, 0) is 0 Å². The molecule has 8 nitrogen and oxygen atoms in total. The van der Waals surface area contributed by atoms with Gasteiger partial charge in [0.05, 0.1) is 37.1 Å². The SMILES string of the molecule is CCN1CCN(c2cccc3c2C(=O)N([C@H](CCCCO)c2ccc(OC)c(OC)c2)C3=O)CC1. The molecule has 0 saturated carbocycles. The van der Waals surface area contributed by atoms with Gasteiger partial charge in [0.25, 0.3) is 11.8 Å². The summed E-state index contributed by atoms with van der Waals surface area (Å²) in [6.07, 6.45) is 1.82. The molecule has 1 N–H and O–H groups in total. The summed E-state index contributed by atoms with van der Waals surface area (Å²) in [6, 6.07) is 10.6. The normalized spacial score (nSPS) is 17.0. The lowest BCUT2D eigenvalue weighted by Gasteiger charge is -2.36. The molecule has 0 bridgehead atoms. The number of carbonyl (C=O) groups excluding carboxylic acids is 2. The second kappa shape index (κ2) is 11.1. The third-order valence-corrected chi connectivity index (χ3v) is 7.07. The number of aliphatic hydroxyl groups excluding tert-OH is 1. The highest BCUT2D eigenvalue weighted by Gasteiger charge is 2.43. The van der Waals surface area contributed by atoms with Crippen molar-refractivity contribution in [3.8, 4) is 11.5 Å². The van der Waals surface area contributed by atoms with Gasteiger partial charge in [0, 0.05) is 32.8 Å². The summed E-state index contributed by atoms with van der Waals surface area (Å²) >= 11 is 0. The van der Waals surface area contributed by atoms with E-state index in [2.05, 4.69) is 16.7 Å². The van der Waals surface area contributed by atoms with Gasteiger partial charge in [-0.05, 0) is 55.6 Å². The molecule has 2 aliphatic rings. The van der Waals surface area contributed by atoms with Crippen LogP contribution in [0.15, 0.2) is 36.4 Å². The van der Waals surface area contributed by atoms with Crippen LogP contribution in [0.4, 0.5) is 5.69 Å². The standard InChI is InChI=1S/C27H35N3O5/c1-4-28-13-15-29(16-14-28)22-10-7-8-20-25(22)27(33)30(26(20)32)21(9-5-6-17-31)19-11-12-23(34-2)24(18-19)35-3/h7-8,10-12,18,21,31H,4-6,9,13-17H2,1-3H3/t21-/m1/s1. The lowest BCUT2D eigenvalue weighted by Crippen LogP contribution is -2.46. The van der Waals surface area contributed by atoms with Crippen LogP contribution < -0.4 is 14.4 Å². The van der Waals surface area contributed by atoms with Gasteiger partial charge in [0.2, 0.25) is 0 Å². The van der Waals surface area contributed by atoms with Crippen LogP contribution in [-0.4, -0.2) is 80.3 Å². The predicted octanol–water partition coefficient (Wildman–Crippen LogP) is 3.35. The zero-order valence-electron chi connectivity index (χ0n) is 20.8. The van der Waals surface area contributed by atoms with E-state index < -0.39 is 6.04 Å². The van der Waals surface area contributed by atoms with Crippen molar-refractivity contribution in [2.45, 2.75) is 32.2 Å². The van der Waals surface area contributed by atoms with Crippen LogP contribution in [0.2, 0.25) is 0 Å². The van der Waals surface area contributed by atoms with Gasteiger partial charge >= 0.3 is 0 Å². The molecule has 2 amide bonds. The van der Waals surface area contributed by atoms with Crippen molar-refractivity contribution >= 4 is 17.5 Å². The fourth-order valence-corrected chi connectivity index (χ4v) is 5.09. The summed E-state index contributed by atoms with van der Waals surface area (Å²) in [5.74, 6) is 0.592. The summed E-state index contributed by atoms with van der Waals surface area (Å²) in [6.45, 7) is 6.73. The molecule has 35 heavy (non-hydrogen) atoms. The van der Waals surface area contributed by atoms with Crippen molar-refractivity contribution < 1.29 is 24.2 Å². The topological polar surface area (TPSA) is 82.6 Å². The van der Waals surface area contributed by atoms with Gasteiger partial charge in [-0.2, -0.15) is 0 Å². The maximum absolute atomic E-state index is 13.9. The Balaban J connectivity index is 1.69. The van der Waals surface area contributed by atoms with Crippen LogP contribution in [0.25, 0.3) is 0 Å². The Morgan fingerprint density at radius 1 is 0.943 bits per heavy atom. The number of likely N-dealkylation sites (N-methyl/N-ethyl adjacent to an activating group) is 1. The molecule has 0 unspecified atom stereocenters. The highest BCUT2D eigenvalue weighted by molar-refractivity contribution is 6.24. The number of methoxy groups -OCH3 is 2. The highest BCUT2D eigenvalue weighted by atomic mass is 16.5. The van der Waals surface area contributed by atoms with Crippen LogP contribution in [0, 0.1) is 0 Å². The minimum Gasteiger partial charge on any atom is -0.493 e. The molecule has 1 saturated heterocycles. The van der Waals surface area contributed by atoms with E-state index in [1.54, 1.807) is 26.4 Å². The number of carbonyl (C=O) groups is 2. The van der Waals surface area contributed by atoms with E-state index in [-0.39, 0.29) is 18.4 Å². The van der Waals surface area contributed by atoms with Crippen molar-refractivity contribution in [2.75, 3.05) is 58.5 Å². The molecule has 2 aromatic rings. The van der Waals surface area contributed by atoms with Gasteiger partial charge in [-0.15, -0.1) is 0 Å². The van der Waals surface area contributed by atoms with Gasteiger partial charge in [-0.3, -0.25) is 14.5 Å². The molecule has 0 spiro atoms. The second-order valence-electron chi connectivity index (χ2n) is 8.95. The average Bonchev–Trinajstić information content (AvgIpc) is 3.16. The molecular weight excluding hydrogens is 446 g/mol. The van der Waals surface area contributed by atoms with E-state index in [0.717, 1.165) is 44.0 Å². The molecule has 2 heterocycles. The number of hydrogen-bond acceptors (Lipinski definition) is 7. The molecule has 0 aliphatic carbocycles. The summed E-state index contributed by atoms with van der Waals surface area (Å²) in [7, 11) is 3.14. The van der Waals surface area contributed by atoms with Gasteiger partial charge in [0.15, 0.2) is 11.5 Å². The number of benzene rings is 2. The molecular formula is C27H35N3O5. The average molecular weight is 482 g/mol. The Morgan fingerprint density at radius 2 is 1.69 bits per heavy atom. The number of aliphatic hydroxyl groups is 1. The van der Waals surface area contributed by atoms with Crippen LogP contribution >= 0.6 is 0 Å². The number of nitrogens with zero attached hydrogens (tertiary/aromatic N) is 3. The van der Waals surface area contributed by atoms with E-state index >= 15 is 0 Å². The van der Waals surface area contributed by atoms with Crippen LogP contribution in [0.5, 0.6) is 11.5 Å². The number of piperazine rings is 1. The van der Waals surface area contributed by atoms with Crippen LogP contribution in [0.3, 0.4) is 0 Å². The Labute approximate surface area is 207 Å². The zero-order valence-corrected chi connectivity index (χ0v) is 20.8. The number of rotatable bonds is 10. The number of fused-ring (bicyclic) bond motifs is 1. The number of ether oxygens (including phenoxy) is 2. The third kappa shape index (κ3) is 4.86. The van der Waals surface area contributed by atoms with E-state index in [0.29, 0.717) is 41.9 Å². The quantitative estimate of drug-likeness (QED) is 0.412. The minimum atomic E-state index is -0.474. The smallest absolute Gasteiger partial charge is 0.264 e. The molecule has 1 atom stereocenters. The number of amides is 2. The Hall–Kier alpha value is -3.10. The van der Waals surface area contributed by atoms with Crippen molar-refractivity contribution in [1.29, 1.82) is 0 Å². The number of unbranched alkanes of at least 4 members (excludes halogenated alkanes) is 1. The predicted molar refractivity (Wildman–Crippen MR) is 134 cm³/mol. The van der Waals surface area contributed by atoms with Gasteiger partial charge in [-0.25, -0.2) is 0 Å². The summed E-state index contributed by atoms with van der Waals surface area (Å²) in [5, 5.41) is 9.34. The molecule has 0 aromatic heterocycles. The Kier molecular flexibility index (Phi) is 7.93. The Morgan fingerprint density at radius 3 is 2.34 bits per heavy atom. The molecule has 4 rings (SSSR count). The van der Waals surface area contributed by atoms with Gasteiger partial charge in [0.1, 0.15) is 0 Å². The Bertz CT molecular complexity index is 1060. The number of imide groups is 1. The summed E-state index contributed by atoms with van der Waals surface area (Å²) in [5.41, 5.74) is 2.59. The number of hydrogen-bond donors (Lipinski definition) is 1. The largest absolute Gasteiger partial charge is 0.493 e. The first-order valence-corrected chi connectivity index (χ1v) is 12.3. The maximum Gasteiger partial charge on any atom is 0.264 e.